The van der Waals surface area contributed by atoms with E-state index in [0.29, 0.717) is 11.5 Å². The van der Waals surface area contributed by atoms with Crippen LogP contribution < -0.4 is 9.73 Å². The number of carbonyl (C=O) groups is 2. The predicted molar refractivity (Wildman–Crippen MR) is 93.9 cm³/mol. The molecule has 1 saturated heterocycles. The van der Waals surface area contributed by atoms with Gasteiger partial charge in [-0.05, 0) is 30.7 Å². The van der Waals surface area contributed by atoms with Crippen molar-refractivity contribution in [2.24, 2.45) is 10.9 Å². The first-order valence-electron chi connectivity index (χ1n) is 8.08. The number of nitrogens with one attached hydrogen (secondary N) is 1. The van der Waals surface area contributed by atoms with Gasteiger partial charge in [0.05, 0.1) is 31.8 Å². The van der Waals surface area contributed by atoms with Gasteiger partial charge in [0, 0.05) is 12.6 Å². The summed E-state index contributed by atoms with van der Waals surface area (Å²) in [5.74, 6) is 0.385. The number of fused-ring (bicyclic) bond motifs is 1. The van der Waals surface area contributed by atoms with E-state index in [1.54, 1.807) is 14.2 Å². The lowest BCUT2D eigenvalue weighted by molar-refractivity contribution is -0.383. The third-order valence-electron chi connectivity index (χ3n) is 4.49. The van der Waals surface area contributed by atoms with Crippen molar-refractivity contribution in [3.8, 4) is 5.75 Å². The predicted octanol–water partition coefficient (Wildman–Crippen LogP) is 0.694. The first-order chi connectivity index (χ1) is 12.0. The summed E-state index contributed by atoms with van der Waals surface area (Å²) in [5, 5.41) is 0. The third-order valence-corrected chi connectivity index (χ3v) is 4.49. The van der Waals surface area contributed by atoms with Crippen LogP contribution in [0.3, 0.4) is 0 Å². The normalized spacial score (nSPS) is 21.9. The zero-order valence-corrected chi connectivity index (χ0v) is 14.7. The summed E-state index contributed by atoms with van der Waals surface area (Å²) in [5.41, 5.74) is 2.33. The van der Waals surface area contributed by atoms with Crippen LogP contribution >= 0.6 is 0 Å². The minimum Gasteiger partial charge on any atom is -0.497 e. The standard InChI is InChI=1S/C18H20N4O3/c1-5-11-10-19-16-14(17(23)22(3)18(24)21(16)2)15(11)20-12-6-8-13(25-4)9-7-12/h6-10,14H,5H2,1-4H3/p+1. The van der Waals surface area contributed by atoms with Crippen LogP contribution in [0.5, 0.6) is 5.75 Å². The fourth-order valence-electron chi connectivity index (χ4n) is 2.99. The molecule has 1 atom stereocenters. The third kappa shape index (κ3) is 2.82. The number of allylic oxidation sites excluding steroid dienone is 1. The number of urea groups is 1. The number of nitrogens with zero attached hydrogens (tertiary/aromatic N) is 3. The van der Waals surface area contributed by atoms with Crippen molar-refractivity contribution >= 4 is 29.2 Å². The molecule has 1 N–H and O–H groups in total. The van der Waals surface area contributed by atoms with Gasteiger partial charge in [-0.25, -0.2) is 14.7 Å². The molecule has 1 fully saturated rings. The lowest BCUT2D eigenvalue weighted by Gasteiger charge is -2.32. The van der Waals surface area contributed by atoms with E-state index in [4.69, 9.17) is 9.73 Å². The molecule has 3 rings (SSSR count). The van der Waals surface area contributed by atoms with Gasteiger partial charge in [-0.3, -0.25) is 9.79 Å². The van der Waals surface area contributed by atoms with Gasteiger partial charge in [-0.2, -0.15) is 4.90 Å². The molecule has 2 heterocycles. The second-order valence-corrected chi connectivity index (χ2v) is 5.92. The molecule has 7 heteroatoms. The Kier molecular flexibility index (Phi) is 4.39. The molecule has 1 aromatic carbocycles. The van der Waals surface area contributed by atoms with Crippen molar-refractivity contribution in [3.05, 3.63) is 36.0 Å². The summed E-state index contributed by atoms with van der Waals surface area (Å²) < 4.78 is 5.17. The summed E-state index contributed by atoms with van der Waals surface area (Å²) in [7, 11) is 4.75. The average molecular weight is 341 g/mol. The van der Waals surface area contributed by atoms with E-state index in [-0.39, 0.29) is 11.9 Å². The lowest BCUT2D eigenvalue weighted by Crippen LogP contribution is -2.80. The van der Waals surface area contributed by atoms with E-state index in [2.05, 4.69) is 4.99 Å². The molecule has 0 aromatic heterocycles. The Morgan fingerprint density at radius 1 is 1.16 bits per heavy atom. The molecule has 130 valence electrons. The molecule has 0 radical (unpaired) electrons. The highest BCUT2D eigenvalue weighted by molar-refractivity contribution is 6.31. The fourth-order valence-corrected chi connectivity index (χ4v) is 2.99. The Balaban J connectivity index is 2.08. The van der Waals surface area contributed by atoms with Gasteiger partial charge >= 0.3 is 6.03 Å². The van der Waals surface area contributed by atoms with Crippen molar-refractivity contribution in [2.75, 3.05) is 21.2 Å². The summed E-state index contributed by atoms with van der Waals surface area (Å²) in [6.45, 7) is 2.01. The van der Waals surface area contributed by atoms with E-state index < -0.39 is 5.92 Å². The van der Waals surface area contributed by atoms with Gasteiger partial charge < -0.3 is 4.74 Å². The zero-order chi connectivity index (χ0) is 18.1. The average Bonchev–Trinajstić information content (AvgIpc) is 2.64. The summed E-state index contributed by atoms with van der Waals surface area (Å²) in [6, 6.07) is 6.97. The van der Waals surface area contributed by atoms with E-state index in [1.165, 1.54) is 11.9 Å². The van der Waals surface area contributed by atoms with Gasteiger partial charge in [-0.1, -0.05) is 6.92 Å². The van der Waals surface area contributed by atoms with Crippen LogP contribution in [0.4, 0.5) is 10.5 Å². The van der Waals surface area contributed by atoms with Gasteiger partial charge in [0.2, 0.25) is 0 Å². The van der Waals surface area contributed by atoms with Crippen molar-refractivity contribution in [2.45, 2.75) is 13.3 Å². The Hall–Kier alpha value is -2.96. The largest absolute Gasteiger partial charge is 0.497 e. The van der Waals surface area contributed by atoms with Gasteiger partial charge in [-0.15, -0.1) is 0 Å². The molecule has 0 aliphatic carbocycles. The second kappa shape index (κ2) is 6.51. The molecule has 25 heavy (non-hydrogen) atoms. The maximum atomic E-state index is 12.8. The zero-order valence-electron chi connectivity index (χ0n) is 14.7. The van der Waals surface area contributed by atoms with E-state index in [0.717, 1.165) is 28.3 Å². The number of imide groups is 1. The molecule has 7 nitrogen and oxygen atoms in total. The van der Waals surface area contributed by atoms with Gasteiger partial charge in [0.25, 0.3) is 11.7 Å². The number of methoxy groups -OCH3 is 1. The molecule has 0 saturated carbocycles. The minimum atomic E-state index is -0.616. The Morgan fingerprint density at radius 3 is 2.44 bits per heavy atom. The van der Waals surface area contributed by atoms with E-state index in [1.807, 2.05) is 37.4 Å². The first kappa shape index (κ1) is 16.9. The summed E-state index contributed by atoms with van der Waals surface area (Å²) >= 11 is 0. The maximum Gasteiger partial charge on any atom is 0.417 e. The topological polar surface area (TPSA) is 76.2 Å². The van der Waals surface area contributed by atoms with Crippen LogP contribution in [0.25, 0.3) is 0 Å². The highest BCUT2D eigenvalue weighted by atomic mass is 16.5. The Bertz CT molecular complexity index is 808. The van der Waals surface area contributed by atoms with Crippen LogP contribution in [-0.2, 0) is 4.79 Å². The lowest BCUT2D eigenvalue weighted by atomic mass is 9.89. The van der Waals surface area contributed by atoms with Gasteiger partial charge in [0.1, 0.15) is 5.75 Å². The fraction of sp³-hybridized carbons (Fsp3) is 0.333. The van der Waals surface area contributed by atoms with Crippen LogP contribution in [-0.4, -0.2) is 54.5 Å². The molecule has 2 aliphatic rings. The number of amides is 3. The highest BCUT2D eigenvalue weighted by Crippen LogP contribution is 2.26. The van der Waals surface area contributed by atoms with Crippen LogP contribution in [0.1, 0.15) is 13.3 Å². The number of carbonyl (C=O) groups excluding carboxylic acids is 2. The Morgan fingerprint density at radius 2 is 1.84 bits per heavy atom. The quantitative estimate of drug-likeness (QED) is 0.879. The second-order valence-electron chi connectivity index (χ2n) is 5.92. The SMILES string of the molecule is CCC1=C[NH+]=C2C(C(=O)N(C)C(=O)N2C)C1=Nc1ccc(OC)cc1. The van der Waals surface area contributed by atoms with E-state index >= 15 is 0 Å². The molecule has 3 amide bonds. The monoisotopic (exact) mass is 341 g/mol. The molecule has 0 spiro atoms. The minimum absolute atomic E-state index is 0.281. The van der Waals surface area contributed by atoms with Crippen molar-refractivity contribution < 1.29 is 19.3 Å². The molecular weight excluding hydrogens is 320 g/mol. The van der Waals surface area contributed by atoms with Gasteiger partial charge in [0.15, 0.2) is 5.92 Å². The number of aliphatic imine (C=N–C) groups is 1. The molecule has 2 aliphatic heterocycles. The van der Waals surface area contributed by atoms with Crippen LogP contribution in [0, 0.1) is 5.92 Å². The molecule has 1 unspecified atom stereocenters. The van der Waals surface area contributed by atoms with Crippen LogP contribution in [0.2, 0.25) is 0 Å². The number of amidine groups is 1. The number of benzene rings is 1. The first-order valence-corrected chi connectivity index (χ1v) is 8.08. The number of rotatable bonds is 3. The number of hydrogen-bond donors (Lipinski definition) is 1. The molecule has 0 bridgehead atoms. The molecular formula is C18H21N4O3+. The number of ether oxygens (including phenoxy) is 1. The summed E-state index contributed by atoms with van der Waals surface area (Å²) in [6.07, 6.45) is 2.54. The highest BCUT2D eigenvalue weighted by Gasteiger charge is 2.50. The summed E-state index contributed by atoms with van der Waals surface area (Å²) in [4.78, 5) is 35.4. The smallest absolute Gasteiger partial charge is 0.417 e. The molecule has 1 aromatic rings. The Labute approximate surface area is 146 Å². The van der Waals surface area contributed by atoms with Crippen molar-refractivity contribution in [1.29, 1.82) is 0 Å². The number of hydrogen-bond acceptors (Lipinski definition) is 4. The van der Waals surface area contributed by atoms with Crippen molar-refractivity contribution in [3.63, 3.8) is 0 Å². The van der Waals surface area contributed by atoms with Crippen LogP contribution in [0.15, 0.2) is 41.0 Å². The van der Waals surface area contributed by atoms with E-state index in [9.17, 15) is 9.59 Å². The maximum absolute atomic E-state index is 12.8. The van der Waals surface area contributed by atoms with Crippen molar-refractivity contribution in [1.82, 2.24) is 9.80 Å².